The highest BCUT2D eigenvalue weighted by Gasteiger charge is 2.45. The zero-order chi connectivity index (χ0) is 10.4. The van der Waals surface area contributed by atoms with Crippen molar-refractivity contribution >= 4 is 0 Å². The van der Waals surface area contributed by atoms with Crippen LogP contribution < -0.4 is 0 Å². The Bertz CT molecular complexity index is 211. The zero-order valence-corrected chi connectivity index (χ0v) is 10.4. The van der Waals surface area contributed by atoms with E-state index in [1.165, 1.54) is 38.5 Å². The van der Waals surface area contributed by atoms with Crippen molar-refractivity contribution in [2.45, 2.75) is 66.2 Å². The van der Waals surface area contributed by atoms with Gasteiger partial charge in [-0.2, -0.15) is 0 Å². The number of hydrogen-bond acceptors (Lipinski definition) is 0. The number of rotatable bonds is 0. The summed E-state index contributed by atoms with van der Waals surface area (Å²) in [6.45, 7) is 9.83. The molecule has 0 heterocycles. The summed E-state index contributed by atoms with van der Waals surface area (Å²) in [5.41, 5.74) is 1.11. The molecular weight excluding hydrogens is 168 g/mol. The van der Waals surface area contributed by atoms with E-state index in [1.807, 2.05) is 0 Å². The maximum absolute atomic E-state index is 2.53. The smallest absolute Gasteiger partial charge is 0.0274 e. The molecular formula is C14H26. The van der Waals surface area contributed by atoms with E-state index >= 15 is 0 Å². The van der Waals surface area contributed by atoms with Gasteiger partial charge in [0.05, 0.1) is 0 Å². The van der Waals surface area contributed by atoms with Crippen LogP contribution in [0.3, 0.4) is 0 Å². The third-order valence-corrected chi connectivity index (χ3v) is 5.41. The predicted octanol–water partition coefficient (Wildman–Crippen LogP) is 4.64. The number of hydrogen-bond donors (Lipinski definition) is 0. The van der Waals surface area contributed by atoms with Gasteiger partial charge in [-0.1, -0.05) is 47.0 Å². The molecule has 0 aromatic heterocycles. The van der Waals surface area contributed by atoms with Gasteiger partial charge in [-0.15, -0.1) is 0 Å². The Balaban J connectivity index is 2.10. The van der Waals surface area contributed by atoms with Crippen LogP contribution in [0.4, 0.5) is 0 Å². The van der Waals surface area contributed by atoms with E-state index in [2.05, 4.69) is 27.7 Å². The molecule has 0 aromatic rings. The van der Waals surface area contributed by atoms with Gasteiger partial charge in [0.2, 0.25) is 0 Å². The second kappa shape index (κ2) is 3.25. The molecule has 2 fully saturated rings. The molecule has 0 aliphatic heterocycles. The van der Waals surface area contributed by atoms with Gasteiger partial charge < -0.3 is 0 Å². The van der Waals surface area contributed by atoms with Crippen molar-refractivity contribution in [3.8, 4) is 0 Å². The molecule has 0 spiro atoms. The lowest BCUT2D eigenvalue weighted by atomic mass is 9.57. The van der Waals surface area contributed by atoms with E-state index in [4.69, 9.17) is 0 Å². The van der Waals surface area contributed by atoms with E-state index in [1.54, 1.807) is 0 Å². The summed E-state index contributed by atoms with van der Waals surface area (Å²) in [6, 6.07) is 0. The quantitative estimate of drug-likeness (QED) is 0.527. The largest absolute Gasteiger partial charge is 0.0597 e. The van der Waals surface area contributed by atoms with Gasteiger partial charge in [0.15, 0.2) is 0 Å². The monoisotopic (exact) mass is 194 g/mol. The van der Waals surface area contributed by atoms with Gasteiger partial charge in [0, 0.05) is 0 Å². The second-order valence-electron chi connectivity index (χ2n) is 7.00. The van der Waals surface area contributed by atoms with Crippen molar-refractivity contribution < 1.29 is 0 Å². The van der Waals surface area contributed by atoms with Crippen LogP contribution in [-0.2, 0) is 0 Å². The first-order valence-corrected chi connectivity index (χ1v) is 6.42. The SMILES string of the molecule is CC(C)(C)C1(C)CCC2CCCC2C1. The highest BCUT2D eigenvalue weighted by atomic mass is 14.5. The molecule has 0 saturated heterocycles. The molecule has 2 aliphatic carbocycles. The molecule has 2 aliphatic rings. The summed E-state index contributed by atoms with van der Waals surface area (Å²) < 4.78 is 0. The fraction of sp³-hybridized carbons (Fsp3) is 1.00. The highest BCUT2D eigenvalue weighted by molar-refractivity contribution is 4.95. The van der Waals surface area contributed by atoms with Gasteiger partial charge in [-0.25, -0.2) is 0 Å². The van der Waals surface area contributed by atoms with E-state index in [0.717, 1.165) is 11.8 Å². The first kappa shape index (κ1) is 10.5. The normalized spacial score (nSPS) is 43.7. The van der Waals surface area contributed by atoms with E-state index in [-0.39, 0.29) is 0 Å². The number of fused-ring (bicyclic) bond motifs is 1. The zero-order valence-electron chi connectivity index (χ0n) is 10.4. The van der Waals surface area contributed by atoms with Crippen LogP contribution in [0.1, 0.15) is 66.2 Å². The molecule has 0 radical (unpaired) electrons. The Kier molecular flexibility index (Phi) is 2.44. The molecule has 0 nitrogen and oxygen atoms in total. The van der Waals surface area contributed by atoms with E-state index in [9.17, 15) is 0 Å². The predicted molar refractivity (Wildman–Crippen MR) is 62.2 cm³/mol. The molecule has 0 aromatic carbocycles. The third-order valence-electron chi connectivity index (χ3n) is 5.41. The lowest BCUT2D eigenvalue weighted by Crippen LogP contribution is -2.39. The van der Waals surface area contributed by atoms with Crippen molar-refractivity contribution in [2.75, 3.05) is 0 Å². The Morgan fingerprint density at radius 1 is 1.00 bits per heavy atom. The van der Waals surface area contributed by atoms with Crippen LogP contribution in [0.2, 0.25) is 0 Å². The second-order valence-corrected chi connectivity index (χ2v) is 7.00. The first-order chi connectivity index (χ1) is 6.42. The van der Waals surface area contributed by atoms with Gasteiger partial charge in [-0.3, -0.25) is 0 Å². The molecule has 0 bridgehead atoms. The van der Waals surface area contributed by atoms with Crippen molar-refractivity contribution in [3.05, 3.63) is 0 Å². The summed E-state index contributed by atoms with van der Waals surface area (Å²) >= 11 is 0. The molecule has 0 heteroatoms. The lowest BCUT2D eigenvalue weighted by Gasteiger charge is -2.49. The minimum absolute atomic E-state index is 0.501. The average Bonchev–Trinajstić information content (AvgIpc) is 2.48. The van der Waals surface area contributed by atoms with Crippen LogP contribution in [0.25, 0.3) is 0 Å². The minimum Gasteiger partial charge on any atom is -0.0597 e. The van der Waals surface area contributed by atoms with Gasteiger partial charge >= 0.3 is 0 Å². The van der Waals surface area contributed by atoms with Crippen molar-refractivity contribution in [2.24, 2.45) is 22.7 Å². The summed E-state index contributed by atoms with van der Waals surface area (Å²) in [4.78, 5) is 0. The Labute approximate surface area is 89.5 Å². The fourth-order valence-corrected chi connectivity index (χ4v) is 3.63. The average molecular weight is 194 g/mol. The van der Waals surface area contributed by atoms with E-state index < -0.39 is 0 Å². The summed E-state index contributed by atoms with van der Waals surface area (Å²) in [5.74, 6) is 2.18. The Hall–Kier alpha value is 0. The first-order valence-electron chi connectivity index (χ1n) is 6.42. The van der Waals surface area contributed by atoms with Crippen LogP contribution >= 0.6 is 0 Å². The minimum atomic E-state index is 0.501. The van der Waals surface area contributed by atoms with Crippen molar-refractivity contribution in [1.29, 1.82) is 0 Å². The van der Waals surface area contributed by atoms with Crippen LogP contribution in [0.15, 0.2) is 0 Å². The van der Waals surface area contributed by atoms with Gasteiger partial charge in [-0.05, 0) is 41.9 Å². The molecule has 82 valence electrons. The molecule has 2 rings (SSSR count). The van der Waals surface area contributed by atoms with Gasteiger partial charge in [0.25, 0.3) is 0 Å². The highest BCUT2D eigenvalue weighted by Crippen LogP contribution is 2.56. The maximum Gasteiger partial charge on any atom is -0.0274 e. The molecule has 0 amide bonds. The molecule has 3 atom stereocenters. The summed E-state index contributed by atoms with van der Waals surface area (Å²) in [7, 11) is 0. The Morgan fingerprint density at radius 3 is 2.29 bits per heavy atom. The fourth-order valence-electron chi connectivity index (χ4n) is 3.63. The van der Waals surface area contributed by atoms with E-state index in [0.29, 0.717) is 10.8 Å². The lowest BCUT2D eigenvalue weighted by molar-refractivity contribution is 0.0155. The van der Waals surface area contributed by atoms with Crippen molar-refractivity contribution in [3.63, 3.8) is 0 Å². The van der Waals surface area contributed by atoms with Crippen LogP contribution in [0, 0.1) is 22.7 Å². The topological polar surface area (TPSA) is 0 Å². The molecule has 3 unspecified atom stereocenters. The van der Waals surface area contributed by atoms with Crippen LogP contribution in [0.5, 0.6) is 0 Å². The Morgan fingerprint density at radius 2 is 1.64 bits per heavy atom. The summed E-state index contributed by atoms with van der Waals surface area (Å²) in [6.07, 6.45) is 9.05. The third kappa shape index (κ3) is 1.61. The maximum atomic E-state index is 2.53. The summed E-state index contributed by atoms with van der Waals surface area (Å²) in [5, 5.41) is 0. The van der Waals surface area contributed by atoms with Crippen molar-refractivity contribution in [1.82, 2.24) is 0 Å². The van der Waals surface area contributed by atoms with Gasteiger partial charge in [0.1, 0.15) is 0 Å². The molecule has 0 N–H and O–H groups in total. The van der Waals surface area contributed by atoms with Crippen LogP contribution in [-0.4, -0.2) is 0 Å². The molecule has 2 saturated carbocycles. The standard InChI is InChI=1S/C14H26/c1-13(2,3)14(4)9-8-11-6-5-7-12(11)10-14/h11-12H,5-10H2,1-4H3. The molecule has 14 heavy (non-hydrogen) atoms.